The Kier molecular flexibility index (Phi) is 3.78. The van der Waals surface area contributed by atoms with Gasteiger partial charge in [0.2, 0.25) is 0 Å². The molecule has 0 heterocycles. The Morgan fingerprint density at radius 2 is 1.94 bits per heavy atom. The minimum absolute atomic E-state index is 0.751. The van der Waals surface area contributed by atoms with Gasteiger partial charge in [-0.25, -0.2) is 0 Å². The van der Waals surface area contributed by atoms with E-state index in [0.29, 0.717) is 0 Å². The monoisotopic (exact) mass is 261 g/mol. The van der Waals surface area contributed by atoms with Gasteiger partial charge in [-0.2, -0.15) is 0 Å². The minimum Gasteiger partial charge on any atom is -0.496 e. The fourth-order valence-corrected chi connectivity index (χ4v) is 2.06. The number of hydrogen-bond acceptors (Lipinski definition) is 2. The second-order valence-electron chi connectivity index (χ2n) is 4.13. The van der Waals surface area contributed by atoms with Crippen LogP contribution in [0.15, 0.2) is 36.4 Å². The molecule has 0 aliphatic rings. The Balaban J connectivity index is 2.58. The number of benzene rings is 2. The molecule has 0 unspecified atom stereocenters. The lowest BCUT2D eigenvalue weighted by molar-refractivity contribution is 0.416. The highest BCUT2D eigenvalue weighted by molar-refractivity contribution is 6.31. The predicted molar refractivity (Wildman–Crippen MR) is 77.7 cm³/mol. The summed E-state index contributed by atoms with van der Waals surface area (Å²) in [5.41, 5.74) is 4.17. The number of aryl methyl sites for hydroxylation is 1. The SMILES string of the molecule is CNc1cccc(-c2cc(Cl)c(C)cc2OC)c1. The van der Waals surface area contributed by atoms with Crippen molar-refractivity contribution >= 4 is 17.3 Å². The highest BCUT2D eigenvalue weighted by atomic mass is 35.5. The van der Waals surface area contributed by atoms with Crippen LogP contribution in [0, 0.1) is 6.92 Å². The fraction of sp³-hybridized carbons (Fsp3) is 0.200. The molecule has 1 N–H and O–H groups in total. The predicted octanol–water partition coefficient (Wildman–Crippen LogP) is 4.37. The third-order valence-electron chi connectivity index (χ3n) is 2.94. The van der Waals surface area contributed by atoms with Crippen LogP contribution >= 0.6 is 11.6 Å². The van der Waals surface area contributed by atoms with Crippen LogP contribution < -0.4 is 10.1 Å². The Morgan fingerprint density at radius 1 is 1.17 bits per heavy atom. The van der Waals surface area contributed by atoms with Gasteiger partial charge in [0.05, 0.1) is 7.11 Å². The van der Waals surface area contributed by atoms with E-state index >= 15 is 0 Å². The fourth-order valence-electron chi connectivity index (χ4n) is 1.89. The van der Waals surface area contributed by atoms with Gasteiger partial charge in [-0.15, -0.1) is 0 Å². The molecule has 2 aromatic rings. The van der Waals surface area contributed by atoms with Crippen molar-refractivity contribution in [3.05, 3.63) is 47.0 Å². The lowest BCUT2D eigenvalue weighted by Crippen LogP contribution is -1.92. The zero-order valence-electron chi connectivity index (χ0n) is 10.8. The van der Waals surface area contributed by atoms with Gasteiger partial charge in [-0.3, -0.25) is 0 Å². The molecule has 0 aromatic heterocycles. The maximum absolute atomic E-state index is 6.20. The van der Waals surface area contributed by atoms with Crippen LogP contribution in [0.3, 0.4) is 0 Å². The number of ether oxygens (including phenoxy) is 1. The van der Waals surface area contributed by atoms with E-state index in [4.69, 9.17) is 16.3 Å². The van der Waals surface area contributed by atoms with Gasteiger partial charge in [0, 0.05) is 23.3 Å². The molecule has 0 bridgehead atoms. The van der Waals surface area contributed by atoms with E-state index in [2.05, 4.69) is 11.4 Å². The molecule has 0 radical (unpaired) electrons. The molecule has 0 fully saturated rings. The van der Waals surface area contributed by atoms with Crippen molar-refractivity contribution in [1.82, 2.24) is 0 Å². The molecule has 0 amide bonds. The second kappa shape index (κ2) is 5.32. The van der Waals surface area contributed by atoms with Crippen LogP contribution in [-0.4, -0.2) is 14.2 Å². The standard InChI is InChI=1S/C15H16ClNO/c1-10-7-15(18-3)13(9-14(10)16)11-5-4-6-12(8-11)17-2/h4-9,17H,1-3H3. The number of methoxy groups -OCH3 is 1. The summed E-state index contributed by atoms with van der Waals surface area (Å²) in [5.74, 6) is 0.838. The largest absolute Gasteiger partial charge is 0.496 e. The first-order valence-electron chi connectivity index (χ1n) is 5.78. The van der Waals surface area contributed by atoms with E-state index in [0.717, 1.165) is 33.1 Å². The molecule has 0 atom stereocenters. The molecule has 2 aromatic carbocycles. The van der Waals surface area contributed by atoms with Gasteiger partial charge in [0.15, 0.2) is 0 Å². The van der Waals surface area contributed by atoms with E-state index in [1.54, 1.807) is 7.11 Å². The molecule has 0 aliphatic heterocycles. The van der Waals surface area contributed by atoms with Gasteiger partial charge in [-0.1, -0.05) is 23.7 Å². The second-order valence-corrected chi connectivity index (χ2v) is 4.54. The van der Waals surface area contributed by atoms with Gasteiger partial charge in [0.1, 0.15) is 5.75 Å². The first-order chi connectivity index (χ1) is 8.65. The molecule has 0 saturated heterocycles. The van der Waals surface area contributed by atoms with Crippen molar-refractivity contribution in [2.24, 2.45) is 0 Å². The van der Waals surface area contributed by atoms with Gasteiger partial charge >= 0.3 is 0 Å². The van der Waals surface area contributed by atoms with Crippen LogP contribution in [-0.2, 0) is 0 Å². The molecule has 2 nitrogen and oxygen atoms in total. The summed E-state index contributed by atoms with van der Waals surface area (Å²) in [6, 6.07) is 12.1. The normalized spacial score (nSPS) is 10.2. The number of halogens is 1. The zero-order chi connectivity index (χ0) is 13.1. The van der Waals surface area contributed by atoms with Crippen LogP contribution in [0.5, 0.6) is 5.75 Å². The van der Waals surface area contributed by atoms with Crippen molar-refractivity contribution in [3.8, 4) is 16.9 Å². The summed E-state index contributed by atoms with van der Waals surface area (Å²) in [6.07, 6.45) is 0. The van der Waals surface area contributed by atoms with Crippen molar-refractivity contribution in [1.29, 1.82) is 0 Å². The van der Waals surface area contributed by atoms with E-state index in [1.807, 2.05) is 44.3 Å². The topological polar surface area (TPSA) is 21.3 Å². The smallest absolute Gasteiger partial charge is 0.127 e. The Hall–Kier alpha value is -1.67. The summed E-state index contributed by atoms with van der Waals surface area (Å²) >= 11 is 6.20. The zero-order valence-corrected chi connectivity index (χ0v) is 11.5. The average Bonchev–Trinajstić information content (AvgIpc) is 2.41. The van der Waals surface area contributed by atoms with E-state index < -0.39 is 0 Å². The first kappa shape index (κ1) is 12.8. The van der Waals surface area contributed by atoms with E-state index in [-0.39, 0.29) is 0 Å². The quantitative estimate of drug-likeness (QED) is 0.886. The van der Waals surface area contributed by atoms with Crippen molar-refractivity contribution in [2.45, 2.75) is 6.92 Å². The lowest BCUT2D eigenvalue weighted by Gasteiger charge is -2.12. The molecular weight excluding hydrogens is 246 g/mol. The maximum atomic E-state index is 6.20. The van der Waals surface area contributed by atoms with Crippen molar-refractivity contribution < 1.29 is 4.74 Å². The molecular formula is C15H16ClNO. The van der Waals surface area contributed by atoms with Crippen LogP contribution in [0.25, 0.3) is 11.1 Å². The Labute approximate surface area is 113 Å². The van der Waals surface area contributed by atoms with Crippen LogP contribution in [0.1, 0.15) is 5.56 Å². The van der Waals surface area contributed by atoms with Gasteiger partial charge in [-0.05, 0) is 42.3 Å². The third kappa shape index (κ3) is 2.44. The molecule has 94 valence electrons. The number of nitrogens with one attached hydrogen (secondary N) is 1. The summed E-state index contributed by atoms with van der Waals surface area (Å²) in [6.45, 7) is 1.97. The van der Waals surface area contributed by atoms with E-state index in [1.165, 1.54) is 0 Å². The number of rotatable bonds is 3. The Bertz CT molecular complexity index is 566. The van der Waals surface area contributed by atoms with Crippen LogP contribution in [0.4, 0.5) is 5.69 Å². The first-order valence-corrected chi connectivity index (χ1v) is 6.16. The number of anilines is 1. The summed E-state index contributed by atoms with van der Waals surface area (Å²) < 4.78 is 5.43. The van der Waals surface area contributed by atoms with Crippen molar-refractivity contribution in [3.63, 3.8) is 0 Å². The summed E-state index contributed by atoms with van der Waals surface area (Å²) in [7, 11) is 3.58. The van der Waals surface area contributed by atoms with Gasteiger partial charge < -0.3 is 10.1 Å². The molecule has 0 spiro atoms. The van der Waals surface area contributed by atoms with Crippen LogP contribution in [0.2, 0.25) is 5.02 Å². The average molecular weight is 262 g/mol. The molecule has 0 saturated carbocycles. The molecule has 3 heteroatoms. The molecule has 18 heavy (non-hydrogen) atoms. The van der Waals surface area contributed by atoms with E-state index in [9.17, 15) is 0 Å². The summed E-state index contributed by atoms with van der Waals surface area (Å²) in [5, 5.41) is 3.88. The minimum atomic E-state index is 0.751. The molecule has 0 aliphatic carbocycles. The third-order valence-corrected chi connectivity index (χ3v) is 3.35. The Morgan fingerprint density at radius 3 is 2.61 bits per heavy atom. The van der Waals surface area contributed by atoms with Crippen molar-refractivity contribution in [2.75, 3.05) is 19.5 Å². The molecule has 2 rings (SSSR count). The highest BCUT2D eigenvalue weighted by Crippen LogP contribution is 2.35. The summed E-state index contributed by atoms with van der Waals surface area (Å²) in [4.78, 5) is 0. The highest BCUT2D eigenvalue weighted by Gasteiger charge is 2.09. The maximum Gasteiger partial charge on any atom is 0.127 e. The lowest BCUT2D eigenvalue weighted by atomic mass is 10.0. The van der Waals surface area contributed by atoms with Gasteiger partial charge in [0.25, 0.3) is 0 Å². The number of hydrogen-bond donors (Lipinski definition) is 1.